The van der Waals surface area contributed by atoms with Crippen LogP contribution in [0, 0.1) is 0 Å². The Labute approximate surface area is 290 Å². The average Bonchev–Trinajstić information content (AvgIpc) is 3.71. The molecule has 0 saturated carbocycles. The van der Waals surface area contributed by atoms with Crippen LogP contribution < -0.4 is 0 Å². The molecule has 3 heterocycles. The molecule has 0 fully saturated rings. The van der Waals surface area contributed by atoms with Crippen molar-refractivity contribution in [3.05, 3.63) is 188 Å². The molecule has 10 aromatic rings. The number of rotatable bonds is 5. The summed E-state index contributed by atoms with van der Waals surface area (Å²) >= 11 is 0. The fraction of sp³-hybridized carbons (Fsp3) is 0. The maximum absolute atomic E-state index is 4.83. The van der Waals surface area contributed by atoms with Crippen LogP contribution in [0.3, 0.4) is 0 Å². The zero-order chi connectivity index (χ0) is 33.0. The summed E-state index contributed by atoms with van der Waals surface area (Å²) in [5.41, 5.74) is 15.1. The highest BCUT2D eigenvalue weighted by atomic mass is 15.0. The van der Waals surface area contributed by atoms with E-state index in [1.54, 1.807) is 0 Å². The molecule has 0 radical (unpaired) electrons. The molecule has 0 saturated heterocycles. The Morgan fingerprint density at radius 1 is 0.300 bits per heavy atom. The van der Waals surface area contributed by atoms with Crippen LogP contribution in [-0.4, -0.2) is 14.1 Å². The highest BCUT2D eigenvalue weighted by Gasteiger charge is 2.17. The van der Waals surface area contributed by atoms with Crippen LogP contribution in [0.15, 0.2) is 188 Å². The van der Waals surface area contributed by atoms with E-state index in [9.17, 15) is 0 Å². The maximum atomic E-state index is 4.83. The van der Waals surface area contributed by atoms with Gasteiger partial charge < -0.3 is 9.13 Å². The topological polar surface area (TPSA) is 22.8 Å². The van der Waals surface area contributed by atoms with Crippen molar-refractivity contribution in [1.29, 1.82) is 0 Å². The molecule has 3 heteroatoms. The van der Waals surface area contributed by atoms with Gasteiger partial charge >= 0.3 is 0 Å². The SMILES string of the molecule is c1ccc(-c2ccc(-n3c4ccccc4c4cc(-c5ccc6c7ncccc7n(-c7ccc(-c8ccccc8)cc7)c6c5)ccc43)cc2)cc1. The quantitative estimate of drug-likeness (QED) is 0.184. The van der Waals surface area contributed by atoms with Crippen molar-refractivity contribution in [1.82, 2.24) is 14.1 Å². The van der Waals surface area contributed by atoms with Gasteiger partial charge in [0.25, 0.3) is 0 Å². The standard InChI is InChI=1S/C47H31N3/c1-3-10-32(11-4-1)34-17-23-38(24-18-34)49-43-15-8-7-14-40(43)42-30-36(22-28-44(42)49)37-21-27-41-46(31-37)50(45-16-9-29-48-47(41)45)39-25-19-35(20-26-39)33-12-5-2-6-13-33/h1-31H. The molecule has 3 aromatic heterocycles. The summed E-state index contributed by atoms with van der Waals surface area (Å²) in [7, 11) is 0. The lowest BCUT2D eigenvalue weighted by Gasteiger charge is -2.11. The largest absolute Gasteiger partial charge is 0.309 e. The molecule has 0 bridgehead atoms. The van der Waals surface area contributed by atoms with E-state index in [-0.39, 0.29) is 0 Å². The van der Waals surface area contributed by atoms with Crippen molar-refractivity contribution in [2.75, 3.05) is 0 Å². The lowest BCUT2D eigenvalue weighted by molar-refractivity contribution is 1.18. The summed E-state index contributed by atoms with van der Waals surface area (Å²) in [6, 6.07) is 65.5. The molecule has 10 rings (SSSR count). The summed E-state index contributed by atoms with van der Waals surface area (Å²) in [5, 5.41) is 3.63. The van der Waals surface area contributed by atoms with Crippen molar-refractivity contribution < 1.29 is 0 Å². The van der Waals surface area contributed by atoms with Crippen molar-refractivity contribution in [2.24, 2.45) is 0 Å². The highest BCUT2D eigenvalue weighted by Crippen LogP contribution is 2.38. The highest BCUT2D eigenvalue weighted by molar-refractivity contribution is 6.11. The van der Waals surface area contributed by atoms with Crippen LogP contribution >= 0.6 is 0 Å². The van der Waals surface area contributed by atoms with Gasteiger partial charge in [0, 0.05) is 33.7 Å². The second kappa shape index (κ2) is 11.5. The first-order chi connectivity index (χ1) is 24.8. The Hall–Kier alpha value is -6.71. The molecule has 0 atom stereocenters. The summed E-state index contributed by atoms with van der Waals surface area (Å²) < 4.78 is 4.73. The second-order valence-electron chi connectivity index (χ2n) is 12.8. The minimum Gasteiger partial charge on any atom is -0.309 e. The molecule has 0 N–H and O–H groups in total. The first-order valence-electron chi connectivity index (χ1n) is 17.0. The monoisotopic (exact) mass is 637 g/mol. The van der Waals surface area contributed by atoms with Gasteiger partial charge in [-0.05, 0) is 100 Å². The molecule has 0 amide bonds. The van der Waals surface area contributed by atoms with Crippen LogP contribution in [0.1, 0.15) is 0 Å². The van der Waals surface area contributed by atoms with Gasteiger partial charge in [-0.1, -0.05) is 115 Å². The molecule has 50 heavy (non-hydrogen) atoms. The number of fused-ring (bicyclic) bond motifs is 6. The van der Waals surface area contributed by atoms with Gasteiger partial charge in [-0.2, -0.15) is 0 Å². The summed E-state index contributed by atoms with van der Waals surface area (Å²) in [5.74, 6) is 0. The van der Waals surface area contributed by atoms with Gasteiger partial charge in [0.05, 0.1) is 27.6 Å². The molecule has 0 aliphatic rings. The first-order valence-corrected chi connectivity index (χ1v) is 17.0. The fourth-order valence-electron chi connectivity index (χ4n) is 7.59. The van der Waals surface area contributed by atoms with Gasteiger partial charge in [-0.3, -0.25) is 4.98 Å². The average molecular weight is 638 g/mol. The third-order valence-electron chi connectivity index (χ3n) is 9.99. The van der Waals surface area contributed by atoms with Gasteiger partial charge in [0.1, 0.15) is 0 Å². The number of hydrogen-bond donors (Lipinski definition) is 0. The minimum atomic E-state index is 1.01. The van der Waals surface area contributed by atoms with Crippen molar-refractivity contribution in [3.63, 3.8) is 0 Å². The number of pyridine rings is 1. The van der Waals surface area contributed by atoms with E-state index < -0.39 is 0 Å². The number of aromatic nitrogens is 3. The van der Waals surface area contributed by atoms with Crippen LogP contribution in [0.5, 0.6) is 0 Å². The Kier molecular flexibility index (Phi) is 6.49. The van der Waals surface area contributed by atoms with Crippen molar-refractivity contribution in [2.45, 2.75) is 0 Å². The van der Waals surface area contributed by atoms with Crippen LogP contribution in [0.25, 0.3) is 88.5 Å². The van der Waals surface area contributed by atoms with Crippen molar-refractivity contribution in [3.8, 4) is 44.8 Å². The zero-order valence-corrected chi connectivity index (χ0v) is 27.2. The second-order valence-corrected chi connectivity index (χ2v) is 12.8. The Balaban J connectivity index is 1.10. The molecule has 234 valence electrons. The lowest BCUT2D eigenvalue weighted by atomic mass is 10.0. The molecular weight excluding hydrogens is 607 g/mol. The first kappa shape index (κ1) is 28.3. The predicted octanol–water partition coefficient (Wildman–Crippen LogP) is 12.3. The summed E-state index contributed by atoms with van der Waals surface area (Å²) in [6.07, 6.45) is 1.89. The lowest BCUT2D eigenvalue weighted by Crippen LogP contribution is -1.94. The van der Waals surface area contributed by atoms with Crippen LogP contribution in [-0.2, 0) is 0 Å². The smallest absolute Gasteiger partial charge is 0.0963 e. The summed E-state index contributed by atoms with van der Waals surface area (Å²) in [4.78, 5) is 4.83. The van der Waals surface area contributed by atoms with Gasteiger partial charge in [0.2, 0.25) is 0 Å². The molecule has 0 aliphatic heterocycles. The summed E-state index contributed by atoms with van der Waals surface area (Å²) in [6.45, 7) is 0. The van der Waals surface area contributed by atoms with E-state index in [1.807, 2.05) is 12.3 Å². The number of hydrogen-bond acceptors (Lipinski definition) is 1. The normalized spacial score (nSPS) is 11.6. The number of benzene rings is 7. The van der Waals surface area contributed by atoms with E-state index in [2.05, 4.69) is 185 Å². The van der Waals surface area contributed by atoms with E-state index >= 15 is 0 Å². The van der Waals surface area contributed by atoms with Crippen LogP contribution in [0.4, 0.5) is 0 Å². The molecule has 0 spiro atoms. The fourth-order valence-corrected chi connectivity index (χ4v) is 7.59. The molecule has 0 aliphatic carbocycles. The van der Waals surface area contributed by atoms with E-state index in [0.29, 0.717) is 0 Å². The van der Waals surface area contributed by atoms with E-state index in [0.717, 1.165) is 33.3 Å². The third kappa shape index (κ3) is 4.56. The number of nitrogens with zero attached hydrogens (tertiary/aromatic N) is 3. The zero-order valence-electron chi connectivity index (χ0n) is 27.2. The van der Waals surface area contributed by atoms with Crippen molar-refractivity contribution >= 4 is 43.7 Å². The number of para-hydroxylation sites is 1. The Morgan fingerprint density at radius 2 is 0.800 bits per heavy atom. The van der Waals surface area contributed by atoms with Crippen LogP contribution in [0.2, 0.25) is 0 Å². The van der Waals surface area contributed by atoms with Gasteiger partial charge in [-0.15, -0.1) is 0 Å². The molecule has 3 nitrogen and oxygen atoms in total. The Morgan fingerprint density at radius 3 is 1.48 bits per heavy atom. The van der Waals surface area contributed by atoms with E-state index in [4.69, 9.17) is 4.98 Å². The molecule has 0 unspecified atom stereocenters. The molecule has 7 aromatic carbocycles. The maximum Gasteiger partial charge on any atom is 0.0963 e. The van der Waals surface area contributed by atoms with Gasteiger partial charge in [0.15, 0.2) is 0 Å². The Bertz CT molecular complexity index is 2830. The van der Waals surface area contributed by atoms with E-state index in [1.165, 1.54) is 55.2 Å². The minimum absolute atomic E-state index is 1.01. The van der Waals surface area contributed by atoms with Gasteiger partial charge in [-0.25, -0.2) is 0 Å². The predicted molar refractivity (Wildman–Crippen MR) is 209 cm³/mol. The third-order valence-corrected chi connectivity index (χ3v) is 9.99. The molecular formula is C47H31N3.